The van der Waals surface area contributed by atoms with Crippen LogP contribution >= 0.6 is 0 Å². The second-order valence-corrected chi connectivity index (χ2v) is 3.99. The first-order chi connectivity index (χ1) is 8.08. The van der Waals surface area contributed by atoms with E-state index in [4.69, 9.17) is 10.2 Å². The average Bonchev–Trinajstić information content (AvgIpc) is 2.79. The van der Waals surface area contributed by atoms with Crippen LogP contribution in [-0.4, -0.2) is 5.91 Å². The van der Waals surface area contributed by atoms with E-state index in [9.17, 15) is 4.79 Å². The van der Waals surface area contributed by atoms with Crippen LogP contribution in [0, 0.1) is 13.8 Å². The molecule has 17 heavy (non-hydrogen) atoms. The molecule has 0 aliphatic heterocycles. The minimum Gasteiger partial charge on any atom is -0.472 e. The van der Waals surface area contributed by atoms with Crippen molar-refractivity contribution in [2.75, 3.05) is 11.1 Å². The predicted molar refractivity (Wildman–Crippen MR) is 67.0 cm³/mol. The quantitative estimate of drug-likeness (QED) is 0.779. The molecule has 1 heterocycles. The first kappa shape index (κ1) is 11.3. The summed E-state index contributed by atoms with van der Waals surface area (Å²) in [6.45, 7) is 3.81. The number of furan rings is 1. The van der Waals surface area contributed by atoms with Crippen LogP contribution in [0.2, 0.25) is 0 Å². The van der Waals surface area contributed by atoms with Crippen LogP contribution in [0.5, 0.6) is 0 Å². The second kappa shape index (κ2) is 4.33. The van der Waals surface area contributed by atoms with Gasteiger partial charge in [-0.2, -0.15) is 0 Å². The third kappa shape index (κ3) is 2.30. The lowest BCUT2D eigenvalue weighted by atomic mass is 10.1. The average molecular weight is 230 g/mol. The van der Waals surface area contributed by atoms with Crippen molar-refractivity contribution in [1.82, 2.24) is 0 Å². The Morgan fingerprint density at radius 1 is 1.29 bits per heavy atom. The van der Waals surface area contributed by atoms with Gasteiger partial charge in [-0.25, -0.2) is 0 Å². The van der Waals surface area contributed by atoms with Gasteiger partial charge in [0.2, 0.25) is 0 Å². The zero-order chi connectivity index (χ0) is 12.4. The molecule has 0 radical (unpaired) electrons. The Morgan fingerprint density at radius 2 is 2.06 bits per heavy atom. The number of aryl methyl sites for hydroxylation is 2. The molecule has 0 aliphatic carbocycles. The van der Waals surface area contributed by atoms with Gasteiger partial charge < -0.3 is 15.5 Å². The Labute approximate surface area is 99.4 Å². The van der Waals surface area contributed by atoms with Crippen LogP contribution in [0.25, 0.3) is 0 Å². The first-order valence-corrected chi connectivity index (χ1v) is 5.28. The number of nitrogens with one attached hydrogen (secondary N) is 1. The van der Waals surface area contributed by atoms with E-state index in [1.165, 1.54) is 12.5 Å². The van der Waals surface area contributed by atoms with Gasteiger partial charge in [0, 0.05) is 11.4 Å². The summed E-state index contributed by atoms with van der Waals surface area (Å²) in [6, 6.07) is 5.33. The monoisotopic (exact) mass is 230 g/mol. The Kier molecular flexibility index (Phi) is 2.87. The summed E-state index contributed by atoms with van der Waals surface area (Å²) < 4.78 is 4.87. The molecule has 1 aromatic carbocycles. The van der Waals surface area contributed by atoms with Gasteiger partial charge in [0.05, 0.1) is 11.8 Å². The van der Waals surface area contributed by atoms with Crippen molar-refractivity contribution in [3.63, 3.8) is 0 Å². The third-order valence-corrected chi connectivity index (χ3v) is 2.64. The highest BCUT2D eigenvalue weighted by molar-refractivity contribution is 6.04. The van der Waals surface area contributed by atoms with E-state index in [-0.39, 0.29) is 5.91 Å². The zero-order valence-electron chi connectivity index (χ0n) is 9.78. The van der Waals surface area contributed by atoms with Crippen LogP contribution in [0.1, 0.15) is 21.5 Å². The molecule has 1 aromatic heterocycles. The van der Waals surface area contributed by atoms with Gasteiger partial charge in [0.1, 0.15) is 6.26 Å². The predicted octanol–water partition coefficient (Wildman–Crippen LogP) is 2.73. The molecule has 1 amide bonds. The summed E-state index contributed by atoms with van der Waals surface area (Å²) >= 11 is 0. The number of nitrogen functional groups attached to an aromatic ring is 1. The van der Waals surface area contributed by atoms with Crippen LogP contribution < -0.4 is 11.1 Å². The topological polar surface area (TPSA) is 68.3 Å². The minimum atomic E-state index is -0.189. The summed E-state index contributed by atoms with van der Waals surface area (Å²) in [5.41, 5.74) is 9.66. The van der Waals surface area contributed by atoms with Gasteiger partial charge >= 0.3 is 0 Å². The van der Waals surface area contributed by atoms with E-state index in [1.807, 2.05) is 26.0 Å². The number of rotatable bonds is 2. The molecule has 0 fully saturated rings. The first-order valence-electron chi connectivity index (χ1n) is 5.28. The molecular formula is C13H14N2O2. The number of hydrogen-bond acceptors (Lipinski definition) is 3. The van der Waals surface area contributed by atoms with Crippen LogP contribution in [0.3, 0.4) is 0 Å². The Morgan fingerprint density at radius 3 is 2.71 bits per heavy atom. The molecule has 0 unspecified atom stereocenters. The zero-order valence-corrected chi connectivity index (χ0v) is 9.78. The van der Waals surface area contributed by atoms with Crippen molar-refractivity contribution in [2.24, 2.45) is 0 Å². The van der Waals surface area contributed by atoms with E-state index in [2.05, 4.69) is 5.32 Å². The maximum atomic E-state index is 11.8. The van der Waals surface area contributed by atoms with Crippen molar-refractivity contribution < 1.29 is 9.21 Å². The van der Waals surface area contributed by atoms with Gasteiger partial charge in [-0.15, -0.1) is 0 Å². The van der Waals surface area contributed by atoms with E-state index in [0.29, 0.717) is 5.56 Å². The highest BCUT2D eigenvalue weighted by atomic mass is 16.3. The second-order valence-electron chi connectivity index (χ2n) is 3.99. The van der Waals surface area contributed by atoms with Crippen molar-refractivity contribution >= 4 is 17.3 Å². The van der Waals surface area contributed by atoms with E-state index >= 15 is 0 Å². The fourth-order valence-corrected chi connectivity index (χ4v) is 1.56. The highest BCUT2D eigenvalue weighted by Gasteiger charge is 2.09. The molecule has 0 spiro atoms. The molecule has 4 heteroatoms. The summed E-state index contributed by atoms with van der Waals surface area (Å²) in [5.74, 6) is -0.189. The maximum Gasteiger partial charge on any atom is 0.258 e. The summed E-state index contributed by atoms with van der Waals surface area (Å²) in [5, 5.41) is 2.83. The number of nitrogens with two attached hydrogens (primary N) is 1. The molecule has 0 saturated heterocycles. The van der Waals surface area contributed by atoms with Crippen molar-refractivity contribution in [3.8, 4) is 0 Å². The molecule has 0 saturated carbocycles. The van der Waals surface area contributed by atoms with Gasteiger partial charge in [-0.3, -0.25) is 4.79 Å². The fourth-order valence-electron chi connectivity index (χ4n) is 1.56. The normalized spacial score (nSPS) is 10.2. The van der Waals surface area contributed by atoms with Crippen molar-refractivity contribution in [3.05, 3.63) is 47.4 Å². The molecule has 0 bridgehead atoms. The minimum absolute atomic E-state index is 0.189. The molecule has 4 nitrogen and oxygen atoms in total. The lowest BCUT2D eigenvalue weighted by Gasteiger charge is -2.10. The van der Waals surface area contributed by atoms with Gasteiger partial charge in [0.15, 0.2) is 0 Å². The standard InChI is InChI=1S/C13H14N2O2/c1-8-6-12(9(2)5-11(8)14)15-13(16)10-3-4-17-7-10/h3-7H,14H2,1-2H3,(H,15,16). The molecule has 0 atom stereocenters. The number of carbonyl (C=O) groups is 1. The van der Waals surface area contributed by atoms with Crippen LogP contribution in [0.4, 0.5) is 11.4 Å². The smallest absolute Gasteiger partial charge is 0.258 e. The van der Waals surface area contributed by atoms with E-state index in [0.717, 1.165) is 22.5 Å². The largest absolute Gasteiger partial charge is 0.472 e. The molecule has 2 aromatic rings. The van der Waals surface area contributed by atoms with E-state index in [1.54, 1.807) is 6.07 Å². The molecule has 2 rings (SSSR count). The van der Waals surface area contributed by atoms with Gasteiger partial charge in [0.25, 0.3) is 5.91 Å². The Bertz CT molecular complexity index is 545. The Hall–Kier alpha value is -2.23. The van der Waals surface area contributed by atoms with Crippen LogP contribution in [-0.2, 0) is 0 Å². The highest BCUT2D eigenvalue weighted by Crippen LogP contribution is 2.22. The SMILES string of the molecule is Cc1cc(NC(=O)c2ccoc2)c(C)cc1N. The lowest BCUT2D eigenvalue weighted by molar-refractivity contribution is 0.102. The maximum absolute atomic E-state index is 11.8. The number of amides is 1. The molecular weight excluding hydrogens is 216 g/mol. The lowest BCUT2D eigenvalue weighted by Crippen LogP contribution is -2.12. The van der Waals surface area contributed by atoms with Crippen LogP contribution in [0.15, 0.2) is 35.1 Å². The third-order valence-electron chi connectivity index (χ3n) is 2.64. The molecule has 0 aliphatic rings. The number of hydrogen-bond donors (Lipinski definition) is 2. The van der Waals surface area contributed by atoms with E-state index < -0.39 is 0 Å². The molecule has 3 N–H and O–H groups in total. The van der Waals surface area contributed by atoms with Crippen molar-refractivity contribution in [2.45, 2.75) is 13.8 Å². The molecule has 88 valence electrons. The van der Waals surface area contributed by atoms with Gasteiger partial charge in [-0.05, 0) is 43.2 Å². The number of carbonyl (C=O) groups excluding carboxylic acids is 1. The summed E-state index contributed by atoms with van der Waals surface area (Å²) in [6.07, 6.45) is 2.88. The summed E-state index contributed by atoms with van der Waals surface area (Å²) in [4.78, 5) is 11.8. The number of anilines is 2. The fraction of sp³-hybridized carbons (Fsp3) is 0.154. The van der Waals surface area contributed by atoms with Gasteiger partial charge in [-0.1, -0.05) is 0 Å². The number of benzene rings is 1. The summed E-state index contributed by atoms with van der Waals surface area (Å²) in [7, 11) is 0. The Balaban J connectivity index is 2.25. The van der Waals surface area contributed by atoms with Crippen molar-refractivity contribution in [1.29, 1.82) is 0 Å².